The third-order valence-corrected chi connectivity index (χ3v) is 21.9. The zero-order chi connectivity index (χ0) is 52.4. The maximum Gasteiger partial charge on any atom is 0.167 e. The smallest absolute Gasteiger partial charge is 0.167 e. The van der Waals surface area contributed by atoms with E-state index >= 15 is 0 Å². The van der Waals surface area contributed by atoms with Gasteiger partial charge in [-0.15, -0.1) is 0 Å². The number of fused-ring (bicyclic) bond motifs is 12. The average molecular weight is 1050 g/mol. The molecule has 0 spiro atoms. The van der Waals surface area contributed by atoms with Crippen LogP contribution in [0.25, 0.3) is 122 Å². The number of rotatable bonds is 7. The Bertz CT molecular complexity index is 4590. The molecule has 4 atom stereocenters. The van der Waals surface area contributed by atoms with E-state index in [1.54, 1.807) is 0 Å². The molecular formula is C73H56N8. The molecule has 0 aliphatic heterocycles. The summed E-state index contributed by atoms with van der Waals surface area (Å²) in [7, 11) is 0. The third-order valence-electron chi connectivity index (χ3n) is 21.9. The predicted molar refractivity (Wildman–Crippen MR) is 326 cm³/mol. The highest BCUT2D eigenvalue weighted by Gasteiger charge is 2.66. The highest BCUT2D eigenvalue weighted by Crippen LogP contribution is 2.71. The highest BCUT2D eigenvalue weighted by atomic mass is 15.2. The lowest BCUT2D eigenvalue weighted by atomic mass is 9.74. The van der Waals surface area contributed by atoms with Gasteiger partial charge in [0.25, 0.3) is 0 Å². The van der Waals surface area contributed by atoms with Gasteiger partial charge in [0.2, 0.25) is 0 Å². The Morgan fingerprint density at radius 1 is 0.296 bits per heavy atom. The Balaban J connectivity index is 1.07. The van der Waals surface area contributed by atoms with Gasteiger partial charge in [-0.3, -0.25) is 9.13 Å². The Morgan fingerprint density at radius 2 is 0.593 bits per heavy atom. The van der Waals surface area contributed by atoms with E-state index in [-0.39, 0.29) is 10.8 Å². The predicted octanol–water partition coefficient (Wildman–Crippen LogP) is 17.1. The summed E-state index contributed by atoms with van der Waals surface area (Å²) in [5, 5.41) is 9.48. The fourth-order valence-electron chi connectivity index (χ4n) is 19.1. The molecule has 8 aliphatic rings. The van der Waals surface area contributed by atoms with Crippen molar-refractivity contribution in [1.29, 1.82) is 0 Å². The number of hydrogen-bond acceptors (Lipinski definition) is 4. The zero-order valence-electron chi connectivity index (χ0n) is 44.9. The molecule has 0 radical (unpaired) electrons. The molecule has 6 heterocycles. The molecule has 8 saturated carbocycles. The second kappa shape index (κ2) is 15.5. The summed E-state index contributed by atoms with van der Waals surface area (Å²) in [5.41, 5.74) is 11.5. The zero-order valence-corrected chi connectivity index (χ0v) is 44.9. The summed E-state index contributed by atoms with van der Waals surface area (Å²) >= 11 is 0. The monoisotopic (exact) mass is 1040 g/mol. The lowest BCUT2D eigenvalue weighted by Crippen LogP contribution is -2.35. The first-order valence-electron chi connectivity index (χ1n) is 29.9. The molecule has 8 nitrogen and oxygen atoms in total. The fourth-order valence-corrected chi connectivity index (χ4v) is 19.1. The highest BCUT2D eigenvalue weighted by molar-refractivity contribution is 6.15. The van der Waals surface area contributed by atoms with Gasteiger partial charge in [0.1, 0.15) is 23.0 Å². The minimum absolute atomic E-state index is 0.0631. The molecule has 8 bridgehead atoms. The van der Waals surface area contributed by atoms with Crippen molar-refractivity contribution in [3.8, 4) is 34.4 Å². The van der Waals surface area contributed by atoms with Gasteiger partial charge < -0.3 is 9.13 Å². The summed E-state index contributed by atoms with van der Waals surface area (Å²) in [4.78, 5) is 25.2. The molecule has 4 unspecified atom stereocenters. The lowest BCUT2D eigenvalue weighted by molar-refractivity contribution is 0.259. The van der Waals surface area contributed by atoms with Crippen LogP contribution in [0.1, 0.15) is 69.4 Å². The van der Waals surface area contributed by atoms with Crippen molar-refractivity contribution < 1.29 is 0 Å². The van der Waals surface area contributed by atoms with Crippen LogP contribution in [-0.2, 0) is 10.8 Å². The molecule has 8 heteroatoms. The van der Waals surface area contributed by atoms with E-state index in [0.29, 0.717) is 11.8 Å². The van der Waals surface area contributed by atoms with Crippen molar-refractivity contribution in [2.24, 2.45) is 35.5 Å². The normalized spacial score (nSPS) is 25.2. The van der Waals surface area contributed by atoms with E-state index in [2.05, 4.69) is 212 Å². The van der Waals surface area contributed by atoms with Gasteiger partial charge in [0, 0.05) is 53.9 Å². The van der Waals surface area contributed by atoms with Crippen molar-refractivity contribution >= 4 is 87.2 Å². The molecule has 6 aromatic heterocycles. The first-order valence-corrected chi connectivity index (χ1v) is 29.9. The van der Waals surface area contributed by atoms with Gasteiger partial charge >= 0.3 is 0 Å². The van der Waals surface area contributed by atoms with Crippen LogP contribution < -0.4 is 0 Å². The van der Waals surface area contributed by atoms with Crippen LogP contribution in [0, 0.1) is 35.5 Å². The van der Waals surface area contributed by atoms with Crippen LogP contribution in [0.4, 0.5) is 0 Å². The average Bonchev–Trinajstić information content (AvgIpc) is 3.32. The Hall–Kier alpha value is -8.88. The third kappa shape index (κ3) is 5.56. The lowest BCUT2D eigenvalue weighted by Gasteiger charge is -2.34. The van der Waals surface area contributed by atoms with E-state index in [1.165, 1.54) is 101 Å². The first kappa shape index (κ1) is 43.9. The van der Waals surface area contributed by atoms with Gasteiger partial charge in [-0.05, 0) is 142 Å². The number of pyridine rings is 1. The molecule has 0 N–H and O–H groups in total. The number of hydrogen-bond donors (Lipinski definition) is 0. The topological polar surface area (TPSA) is 71.3 Å². The molecule has 81 heavy (non-hydrogen) atoms. The second-order valence-electron chi connectivity index (χ2n) is 25.6. The van der Waals surface area contributed by atoms with Crippen LogP contribution in [0.3, 0.4) is 0 Å². The Morgan fingerprint density at radius 3 is 0.914 bits per heavy atom. The van der Waals surface area contributed by atoms with Crippen molar-refractivity contribution in [2.75, 3.05) is 0 Å². The van der Waals surface area contributed by atoms with E-state index in [9.17, 15) is 0 Å². The molecule has 8 fully saturated rings. The first-order chi connectivity index (χ1) is 40.1. The number of para-hydroxylation sites is 8. The summed E-state index contributed by atoms with van der Waals surface area (Å²) in [5.74, 6) is 8.66. The maximum atomic E-state index is 6.52. The molecule has 388 valence electrons. The largest absolute Gasteiger partial charge is 0.305 e. The maximum absolute atomic E-state index is 6.52. The Labute approximate surface area is 467 Å². The summed E-state index contributed by atoms with van der Waals surface area (Å²) in [6.07, 6.45) is 11.2. The number of nitrogens with zero attached hydrogens (tertiary/aromatic N) is 8. The van der Waals surface area contributed by atoms with Crippen molar-refractivity contribution in [1.82, 2.24) is 38.2 Å². The van der Waals surface area contributed by atoms with Crippen LogP contribution in [0.5, 0.6) is 0 Å². The van der Waals surface area contributed by atoms with Crippen molar-refractivity contribution in [3.05, 3.63) is 206 Å². The van der Waals surface area contributed by atoms with Crippen molar-refractivity contribution in [3.63, 3.8) is 0 Å². The van der Waals surface area contributed by atoms with E-state index in [1.807, 2.05) is 0 Å². The van der Waals surface area contributed by atoms with E-state index in [4.69, 9.17) is 19.9 Å². The van der Waals surface area contributed by atoms with Gasteiger partial charge in [-0.2, -0.15) is 0 Å². The number of benzene rings is 8. The quantitative estimate of drug-likeness (QED) is 0.159. The SMILES string of the molecule is c1ccc2c(c1)c1ccccc1n2-c1nc(-n2c3ccccc3c3ccccc32)c(-n2c3ccccc3c3ccccc32)c(-c2nc(C34CC5CC(CC3C5)C4)nc(C34CC5CC3CC5C4)n2)c1-n1c2ccccc2c2ccccc21. The fraction of sp³-hybridized carbons (Fsp3) is 0.233. The van der Waals surface area contributed by atoms with E-state index < -0.39 is 0 Å². The minimum Gasteiger partial charge on any atom is -0.305 e. The van der Waals surface area contributed by atoms with Gasteiger partial charge in [-0.1, -0.05) is 146 Å². The molecule has 8 aromatic carbocycles. The summed E-state index contributed by atoms with van der Waals surface area (Å²) in [6.45, 7) is 0. The van der Waals surface area contributed by atoms with Crippen LogP contribution in [-0.4, -0.2) is 38.2 Å². The minimum atomic E-state index is -0.0748. The van der Waals surface area contributed by atoms with E-state index in [0.717, 1.165) is 114 Å². The summed E-state index contributed by atoms with van der Waals surface area (Å²) < 4.78 is 10.1. The van der Waals surface area contributed by atoms with Crippen molar-refractivity contribution in [2.45, 2.75) is 68.6 Å². The summed E-state index contributed by atoms with van der Waals surface area (Å²) in [6, 6.07) is 71.8. The molecule has 0 amide bonds. The number of aromatic nitrogens is 8. The molecule has 8 aliphatic carbocycles. The standard InChI is InChI=1S/C73H56N8/c1-9-25-56-48(17-1)49-18-2-10-26-57(49)78(56)65-64(67-74-70(72-38-42-33-43(39-72)35-46(72)34-42)77-71(75-67)73-40-44-36-47(73)37-45(44)41-73)66(79-58-27-11-3-19-50(58)51-20-4-12-28-59(51)79)69(81-62-31-15-7-23-54(62)55-24-8-16-32-63(55)81)76-68(65)80-60-29-13-5-21-52(60)53-22-6-14-30-61(53)80/h1-32,42-47H,33-41H2. The molecular weight excluding hydrogens is 989 g/mol. The van der Waals surface area contributed by atoms with Gasteiger partial charge in [0.15, 0.2) is 17.5 Å². The van der Waals surface area contributed by atoms with Crippen LogP contribution in [0.2, 0.25) is 0 Å². The molecule has 14 aromatic rings. The van der Waals surface area contributed by atoms with Gasteiger partial charge in [0.05, 0.1) is 49.7 Å². The van der Waals surface area contributed by atoms with Crippen LogP contribution in [0.15, 0.2) is 194 Å². The Kier molecular flexibility index (Phi) is 8.42. The second-order valence-corrected chi connectivity index (χ2v) is 25.6. The van der Waals surface area contributed by atoms with Crippen LogP contribution >= 0.6 is 0 Å². The molecule has 0 saturated heterocycles. The molecule has 22 rings (SSSR count). The van der Waals surface area contributed by atoms with Gasteiger partial charge in [-0.25, -0.2) is 19.9 Å².